The number of benzene rings is 2. The lowest BCUT2D eigenvalue weighted by Gasteiger charge is -2.30. The van der Waals surface area contributed by atoms with Crippen LogP contribution in [0.4, 0.5) is 5.69 Å². The third kappa shape index (κ3) is 5.51. The van der Waals surface area contributed by atoms with Gasteiger partial charge in [0, 0.05) is 37.2 Å². The topological polar surface area (TPSA) is 97.6 Å². The molecule has 0 spiro atoms. The van der Waals surface area contributed by atoms with Crippen LogP contribution in [0.2, 0.25) is 5.02 Å². The Kier molecular flexibility index (Phi) is 6.93. The Morgan fingerprint density at radius 1 is 1.18 bits per heavy atom. The van der Waals surface area contributed by atoms with E-state index in [2.05, 4.69) is 15.5 Å². The molecule has 2 aromatic carbocycles. The third-order valence-electron chi connectivity index (χ3n) is 5.67. The van der Waals surface area contributed by atoms with Crippen molar-refractivity contribution in [2.75, 3.05) is 25.5 Å². The van der Waals surface area contributed by atoms with E-state index in [0.29, 0.717) is 47.7 Å². The fraction of sp³-hybridized carbons (Fsp3) is 0.333. The molecule has 0 radical (unpaired) electrons. The first kappa shape index (κ1) is 22.8. The molecule has 1 aliphatic heterocycles. The Bertz CT molecular complexity index is 1140. The highest BCUT2D eigenvalue weighted by molar-refractivity contribution is 6.32. The number of methoxy groups -OCH3 is 1. The molecule has 2 amide bonds. The van der Waals surface area contributed by atoms with Crippen molar-refractivity contribution in [3.63, 3.8) is 0 Å². The number of rotatable bonds is 6. The molecule has 1 aromatic heterocycles. The van der Waals surface area contributed by atoms with Crippen molar-refractivity contribution in [1.82, 2.24) is 15.0 Å². The van der Waals surface area contributed by atoms with Gasteiger partial charge in [0.2, 0.25) is 23.5 Å². The second-order valence-corrected chi connectivity index (χ2v) is 8.42. The number of nitrogens with one attached hydrogen (secondary N) is 1. The lowest BCUT2D eigenvalue weighted by Crippen LogP contribution is -2.38. The van der Waals surface area contributed by atoms with Crippen LogP contribution in [0.5, 0.6) is 5.75 Å². The number of aromatic nitrogens is 2. The van der Waals surface area contributed by atoms with Crippen LogP contribution in [0, 0.1) is 0 Å². The second-order valence-electron chi connectivity index (χ2n) is 8.02. The van der Waals surface area contributed by atoms with Gasteiger partial charge in [0.05, 0.1) is 18.6 Å². The molecular formula is C24H25ClN4O4. The quantitative estimate of drug-likeness (QED) is 0.579. The summed E-state index contributed by atoms with van der Waals surface area (Å²) < 4.78 is 10.7. The molecule has 33 heavy (non-hydrogen) atoms. The van der Waals surface area contributed by atoms with E-state index < -0.39 is 0 Å². The molecule has 0 unspecified atom stereocenters. The lowest BCUT2D eigenvalue weighted by molar-refractivity contribution is -0.131. The molecule has 0 bridgehead atoms. The van der Waals surface area contributed by atoms with Gasteiger partial charge in [-0.1, -0.05) is 22.8 Å². The monoisotopic (exact) mass is 468 g/mol. The molecule has 1 saturated heterocycles. The van der Waals surface area contributed by atoms with Gasteiger partial charge in [-0.05, 0) is 54.8 Å². The Morgan fingerprint density at radius 3 is 2.55 bits per heavy atom. The van der Waals surface area contributed by atoms with E-state index in [1.165, 1.54) is 6.92 Å². The molecule has 1 aliphatic rings. The van der Waals surface area contributed by atoms with Crippen molar-refractivity contribution in [1.29, 1.82) is 0 Å². The van der Waals surface area contributed by atoms with Crippen molar-refractivity contribution >= 4 is 29.1 Å². The first-order valence-electron chi connectivity index (χ1n) is 10.7. The van der Waals surface area contributed by atoms with Gasteiger partial charge in [-0.25, -0.2) is 0 Å². The SMILES string of the molecule is COc1ccc(CC(=O)N2CCC(c3nc(-c4ccc(NC(C)=O)cc4)no3)CC2)cc1Cl. The van der Waals surface area contributed by atoms with E-state index in [4.69, 9.17) is 20.9 Å². The fourth-order valence-corrected chi connectivity index (χ4v) is 4.19. The zero-order valence-corrected chi connectivity index (χ0v) is 19.3. The average Bonchev–Trinajstić information content (AvgIpc) is 3.30. The van der Waals surface area contributed by atoms with Gasteiger partial charge in [0.25, 0.3) is 0 Å². The van der Waals surface area contributed by atoms with Gasteiger partial charge in [0.1, 0.15) is 5.75 Å². The van der Waals surface area contributed by atoms with Gasteiger partial charge in [-0.3, -0.25) is 9.59 Å². The fourth-order valence-electron chi connectivity index (χ4n) is 3.91. The van der Waals surface area contributed by atoms with Gasteiger partial charge in [0.15, 0.2) is 0 Å². The number of carbonyl (C=O) groups excluding carboxylic acids is 2. The van der Waals surface area contributed by atoms with E-state index in [1.54, 1.807) is 31.4 Å². The summed E-state index contributed by atoms with van der Waals surface area (Å²) in [6.45, 7) is 2.74. The maximum atomic E-state index is 12.7. The number of hydrogen-bond donors (Lipinski definition) is 1. The summed E-state index contributed by atoms with van der Waals surface area (Å²) in [7, 11) is 1.56. The number of carbonyl (C=O) groups is 2. The van der Waals surface area contributed by atoms with Gasteiger partial charge in [-0.2, -0.15) is 4.98 Å². The molecule has 0 atom stereocenters. The normalized spacial score (nSPS) is 14.2. The minimum absolute atomic E-state index is 0.0696. The van der Waals surface area contributed by atoms with Crippen molar-refractivity contribution in [2.45, 2.75) is 32.1 Å². The summed E-state index contributed by atoms with van der Waals surface area (Å²) in [4.78, 5) is 30.3. The maximum absolute atomic E-state index is 12.7. The average molecular weight is 469 g/mol. The number of piperidine rings is 1. The van der Waals surface area contributed by atoms with Gasteiger partial charge in [-0.15, -0.1) is 0 Å². The van der Waals surface area contributed by atoms with Crippen LogP contribution in [0.3, 0.4) is 0 Å². The maximum Gasteiger partial charge on any atom is 0.230 e. The molecule has 4 rings (SSSR count). The largest absolute Gasteiger partial charge is 0.495 e. The predicted octanol–water partition coefficient (Wildman–Crippen LogP) is 4.31. The van der Waals surface area contributed by atoms with E-state index in [0.717, 1.165) is 24.0 Å². The molecule has 2 heterocycles. The minimum atomic E-state index is -0.123. The van der Waals surface area contributed by atoms with E-state index >= 15 is 0 Å². The second kappa shape index (κ2) is 10.0. The number of ether oxygens (including phenoxy) is 1. The lowest BCUT2D eigenvalue weighted by atomic mass is 9.96. The summed E-state index contributed by atoms with van der Waals surface area (Å²) in [6.07, 6.45) is 1.82. The number of amides is 2. The Labute approximate surface area is 196 Å². The van der Waals surface area contributed by atoms with Crippen LogP contribution in [0.1, 0.15) is 37.1 Å². The van der Waals surface area contributed by atoms with E-state index in [-0.39, 0.29) is 17.7 Å². The van der Waals surface area contributed by atoms with Crippen molar-refractivity contribution in [3.8, 4) is 17.1 Å². The Balaban J connectivity index is 1.32. The van der Waals surface area contributed by atoms with Crippen LogP contribution in [-0.2, 0) is 16.0 Å². The van der Waals surface area contributed by atoms with E-state index in [9.17, 15) is 9.59 Å². The summed E-state index contributed by atoms with van der Waals surface area (Å²) in [6, 6.07) is 12.7. The molecule has 0 saturated carbocycles. The third-order valence-corrected chi connectivity index (χ3v) is 5.97. The molecule has 0 aliphatic carbocycles. The first-order chi connectivity index (χ1) is 15.9. The smallest absolute Gasteiger partial charge is 0.230 e. The highest BCUT2D eigenvalue weighted by Gasteiger charge is 2.27. The summed E-state index contributed by atoms with van der Waals surface area (Å²) in [5.41, 5.74) is 2.38. The minimum Gasteiger partial charge on any atom is -0.495 e. The van der Waals surface area contributed by atoms with Crippen LogP contribution in [0.15, 0.2) is 47.0 Å². The van der Waals surface area contributed by atoms with Crippen LogP contribution >= 0.6 is 11.6 Å². The Hall–Kier alpha value is -3.39. The van der Waals surface area contributed by atoms with Crippen molar-refractivity contribution in [3.05, 3.63) is 58.9 Å². The number of halogens is 1. The number of anilines is 1. The molecule has 8 nitrogen and oxygen atoms in total. The van der Waals surface area contributed by atoms with E-state index in [1.807, 2.05) is 23.1 Å². The Morgan fingerprint density at radius 2 is 1.91 bits per heavy atom. The molecular weight excluding hydrogens is 444 g/mol. The zero-order chi connectivity index (χ0) is 23.4. The molecule has 9 heteroatoms. The van der Waals surface area contributed by atoms with Crippen LogP contribution in [0.25, 0.3) is 11.4 Å². The van der Waals surface area contributed by atoms with Crippen LogP contribution < -0.4 is 10.1 Å². The number of hydrogen-bond acceptors (Lipinski definition) is 6. The molecule has 172 valence electrons. The van der Waals surface area contributed by atoms with Crippen LogP contribution in [-0.4, -0.2) is 47.1 Å². The summed E-state index contributed by atoms with van der Waals surface area (Å²) >= 11 is 6.17. The standard InChI is InChI=1S/C24H25ClN4O4/c1-15(30)26-19-6-4-17(5-7-19)23-27-24(33-28-23)18-9-11-29(12-10-18)22(31)14-16-3-8-21(32-2)20(25)13-16/h3-8,13,18H,9-12,14H2,1-2H3,(H,26,30). The molecule has 1 fully saturated rings. The van der Waals surface area contributed by atoms with Crippen molar-refractivity contribution < 1.29 is 18.8 Å². The predicted molar refractivity (Wildman–Crippen MR) is 124 cm³/mol. The molecule has 1 N–H and O–H groups in total. The van der Waals surface area contributed by atoms with Crippen molar-refractivity contribution in [2.24, 2.45) is 0 Å². The number of nitrogens with zero attached hydrogens (tertiary/aromatic N) is 3. The summed E-state index contributed by atoms with van der Waals surface area (Å²) in [5.74, 6) is 1.75. The molecule has 3 aromatic rings. The van der Waals surface area contributed by atoms with Gasteiger partial charge < -0.3 is 19.5 Å². The number of likely N-dealkylation sites (tertiary alicyclic amines) is 1. The zero-order valence-electron chi connectivity index (χ0n) is 18.5. The highest BCUT2D eigenvalue weighted by atomic mass is 35.5. The van der Waals surface area contributed by atoms with Gasteiger partial charge >= 0.3 is 0 Å². The summed E-state index contributed by atoms with van der Waals surface area (Å²) in [5, 5.41) is 7.34. The first-order valence-corrected chi connectivity index (χ1v) is 11.1. The highest BCUT2D eigenvalue weighted by Crippen LogP contribution is 2.30.